The van der Waals surface area contributed by atoms with E-state index in [1.807, 2.05) is 0 Å². The molecule has 0 N–H and O–H groups in total. The van der Waals surface area contributed by atoms with Gasteiger partial charge in [-0.1, -0.05) is 38.5 Å². The summed E-state index contributed by atoms with van der Waals surface area (Å²) < 4.78 is 2.24. The molecule has 0 radical (unpaired) electrons. The van der Waals surface area contributed by atoms with Gasteiger partial charge in [-0.2, -0.15) is 6.08 Å². The molecule has 4 rings (SSSR count). The van der Waals surface area contributed by atoms with Crippen molar-refractivity contribution in [1.29, 1.82) is 0 Å². The minimum atomic E-state index is 0. The fourth-order valence-electron chi connectivity index (χ4n) is 2.86. The van der Waals surface area contributed by atoms with Crippen LogP contribution in [0.1, 0.15) is 23.5 Å². The Kier molecular flexibility index (Phi) is 7.55. The van der Waals surface area contributed by atoms with Gasteiger partial charge in [0, 0.05) is 49.2 Å². The van der Waals surface area contributed by atoms with Crippen LogP contribution in [0.4, 0.5) is 0 Å². The number of benzene rings is 1. The summed E-state index contributed by atoms with van der Waals surface area (Å²) in [5, 5.41) is 0. The number of halogens is 2. The van der Waals surface area contributed by atoms with Crippen LogP contribution in [0.15, 0.2) is 66.0 Å². The van der Waals surface area contributed by atoms with Crippen LogP contribution in [0, 0.1) is 6.08 Å². The molecule has 1 atom stereocenters. The van der Waals surface area contributed by atoms with E-state index in [2.05, 4.69) is 71.1 Å². The molecule has 0 amide bonds. The van der Waals surface area contributed by atoms with E-state index >= 15 is 0 Å². The maximum atomic E-state index is 3.46. The van der Waals surface area contributed by atoms with Gasteiger partial charge in [-0.15, -0.1) is 6.42 Å². The summed E-state index contributed by atoms with van der Waals surface area (Å²) in [6.07, 6.45) is 13.3. The second-order valence-corrected chi connectivity index (χ2v) is 5.65. The molecule has 0 fully saturated rings. The third kappa shape index (κ3) is 3.41. The Morgan fingerprint density at radius 1 is 1.18 bits per heavy atom. The number of hydrogen-bond acceptors (Lipinski definition) is 0. The summed E-state index contributed by atoms with van der Waals surface area (Å²) in [6, 6.07) is 8.71. The molecular weight excluding hydrogens is 499 g/mol. The van der Waals surface area contributed by atoms with Crippen molar-refractivity contribution < 1.29 is 50.7 Å². The number of rotatable bonds is 2. The first-order valence-corrected chi connectivity index (χ1v) is 7.53. The first-order valence-electron chi connectivity index (χ1n) is 6.50. The predicted molar refractivity (Wildman–Crippen MR) is 80.0 cm³/mol. The van der Waals surface area contributed by atoms with E-state index in [9.17, 15) is 0 Å². The van der Waals surface area contributed by atoms with Crippen LogP contribution >= 0.6 is 8.19 Å². The molecule has 0 bridgehead atoms. The van der Waals surface area contributed by atoms with Gasteiger partial charge in [-0.25, -0.2) is 11.6 Å². The van der Waals surface area contributed by atoms with Crippen LogP contribution in [0.25, 0.3) is 5.70 Å². The van der Waals surface area contributed by atoms with Crippen LogP contribution in [-0.2, 0) is 25.8 Å². The average molecular weight is 512 g/mol. The van der Waals surface area contributed by atoms with Gasteiger partial charge in [-0.3, -0.25) is 6.08 Å². The third-order valence-corrected chi connectivity index (χ3v) is 4.42. The summed E-state index contributed by atoms with van der Waals surface area (Å²) in [5.74, 6) is 4.73. The second-order valence-electron chi connectivity index (χ2n) is 4.83. The van der Waals surface area contributed by atoms with Gasteiger partial charge in [-0.05, 0) is 17.3 Å². The Morgan fingerprint density at radius 3 is 2.68 bits per heavy atom. The van der Waals surface area contributed by atoms with Gasteiger partial charge in [0.15, 0.2) is 0 Å². The molecule has 22 heavy (non-hydrogen) atoms. The fourth-order valence-corrected chi connectivity index (χ4v) is 3.50. The van der Waals surface area contributed by atoms with E-state index in [1.54, 1.807) is 0 Å². The van der Waals surface area contributed by atoms with E-state index in [-0.39, 0.29) is 50.7 Å². The Labute approximate surface area is 163 Å². The van der Waals surface area contributed by atoms with Gasteiger partial charge < -0.3 is 29.4 Å². The minimum Gasteiger partial charge on any atom is -1.00 e. The van der Waals surface area contributed by atoms with Crippen molar-refractivity contribution in [2.45, 2.75) is 12.3 Å². The summed E-state index contributed by atoms with van der Waals surface area (Å²) in [5.41, 5.74) is 5.36. The molecule has 112 valence electrons. The Hall–Kier alpha value is -0.400. The first-order chi connectivity index (χ1) is 9.43. The molecule has 1 aromatic carbocycles. The van der Waals surface area contributed by atoms with Gasteiger partial charge in [0.1, 0.15) is 0 Å². The van der Waals surface area contributed by atoms with E-state index in [4.69, 9.17) is 0 Å². The van der Waals surface area contributed by atoms with E-state index in [0.29, 0.717) is 5.92 Å². The van der Waals surface area contributed by atoms with Crippen LogP contribution in [-0.4, -0.2) is 4.57 Å². The van der Waals surface area contributed by atoms with E-state index < -0.39 is 0 Å². The molecule has 1 nitrogen and oxygen atoms in total. The molecule has 1 unspecified atom stereocenters. The number of hydrogen-bond donors (Lipinski definition) is 0. The fraction of sp³-hybridized carbons (Fsp3) is 0.118. The molecular formula is C17H13Cl2HfNP-3. The topological polar surface area (TPSA) is 4.93 Å². The summed E-state index contributed by atoms with van der Waals surface area (Å²) >= 11 is 0. The quantitative estimate of drug-likeness (QED) is 0.351. The maximum absolute atomic E-state index is 3.46. The maximum Gasteiger partial charge on any atom is 0.0497 e. The van der Waals surface area contributed by atoms with Crippen LogP contribution < -0.4 is 24.8 Å². The first kappa shape index (κ1) is 19.6. The van der Waals surface area contributed by atoms with Crippen molar-refractivity contribution in [3.63, 3.8) is 0 Å². The van der Waals surface area contributed by atoms with Crippen molar-refractivity contribution in [3.05, 3.63) is 83.2 Å². The SMILES string of the molecule is [C-]1=C(C2C=C(n3ccpc3)c3ccccc32)C=CC1.[Cl-].[Cl-].[Hf]. The molecule has 0 spiro atoms. The Balaban J connectivity index is 0.000000807. The molecule has 0 saturated carbocycles. The molecule has 1 aromatic heterocycles. The number of nitrogens with zero attached hydrogens (tertiary/aromatic N) is 1. The molecule has 2 aliphatic carbocycles. The standard InChI is InChI=1S/C17H13NP.2ClH.Hf/c1-2-6-13(5-1)16-11-17(18-9-10-19-12-18)15-8-4-3-7-14(15)16;;;/h1,3-5,7-12,16H,2H2;2*1H;/q-1;;;/p-2. The van der Waals surface area contributed by atoms with Gasteiger partial charge in [0.2, 0.25) is 0 Å². The molecule has 0 aliphatic heterocycles. The Bertz CT molecular complexity index is 720. The predicted octanol–water partition coefficient (Wildman–Crippen LogP) is -1.25. The molecule has 1 heterocycles. The second kappa shape index (κ2) is 8.45. The van der Waals surface area contributed by atoms with Crippen molar-refractivity contribution in [2.24, 2.45) is 0 Å². The van der Waals surface area contributed by atoms with Crippen LogP contribution in [0.3, 0.4) is 0 Å². The number of fused-ring (bicyclic) bond motifs is 1. The van der Waals surface area contributed by atoms with Gasteiger partial charge >= 0.3 is 0 Å². The molecule has 2 aromatic rings. The molecule has 0 saturated heterocycles. The summed E-state index contributed by atoms with van der Waals surface area (Å²) in [4.78, 5) is 0. The zero-order chi connectivity index (χ0) is 12.7. The summed E-state index contributed by atoms with van der Waals surface area (Å²) in [7, 11) is 1.26. The third-order valence-electron chi connectivity index (χ3n) is 3.74. The minimum absolute atomic E-state index is 0. The smallest absolute Gasteiger partial charge is 0.0497 e. The number of allylic oxidation sites excluding steroid dienone is 5. The zero-order valence-corrected chi connectivity index (χ0v) is 17.7. The molecule has 5 heteroatoms. The van der Waals surface area contributed by atoms with Crippen molar-refractivity contribution in [1.82, 2.24) is 4.57 Å². The van der Waals surface area contributed by atoms with Crippen LogP contribution in [0.2, 0.25) is 0 Å². The largest absolute Gasteiger partial charge is 1.00 e. The monoisotopic (exact) mass is 512 g/mol. The van der Waals surface area contributed by atoms with Gasteiger partial charge in [0.25, 0.3) is 0 Å². The van der Waals surface area contributed by atoms with Crippen molar-refractivity contribution in [2.75, 3.05) is 0 Å². The van der Waals surface area contributed by atoms with Gasteiger partial charge in [0.05, 0.1) is 0 Å². The number of aromatic nitrogens is 1. The van der Waals surface area contributed by atoms with Crippen LogP contribution in [0.5, 0.6) is 0 Å². The Morgan fingerprint density at radius 2 is 2.00 bits per heavy atom. The van der Waals surface area contributed by atoms with E-state index in [0.717, 1.165) is 6.42 Å². The van der Waals surface area contributed by atoms with E-state index in [1.165, 1.54) is 30.6 Å². The normalized spacial score (nSPS) is 17.9. The van der Waals surface area contributed by atoms with Crippen molar-refractivity contribution in [3.8, 4) is 0 Å². The summed E-state index contributed by atoms with van der Waals surface area (Å²) in [6.45, 7) is 0. The van der Waals surface area contributed by atoms with Crippen molar-refractivity contribution >= 4 is 13.9 Å². The zero-order valence-electron chi connectivity index (χ0n) is 11.7. The molecule has 2 aliphatic rings. The average Bonchev–Trinajstić information content (AvgIpc) is 3.18.